The Labute approximate surface area is 115 Å². The summed E-state index contributed by atoms with van der Waals surface area (Å²) in [5.41, 5.74) is -0.937. The lowest BCUT2D eigenvalue weighted by Gasteiger charge is -2.25. The molecule has 1 heterocycles. The van der Waals surface area contributed by atoms with Crippen molar-refractivity contribution in [3.05, 3.63) is 35.0 Å². The molecule has 5 heteroatoms. The molecule has 2 rings (SSSR count). The molecule has 2 aromatic rings. The number of thiophene rings is 1. The van der Waals surface area contributed by atoms with E-state index in [2.05, 4.69) is 0 Å². The maximum Gasteiger partial charge on any atom is 0.263 e. The number of aliphatic hydroxyl groups is 1. The number of halogens is 1. The zero-order chi connectivity index (χ0) is 14.2. The van der Waals surface area contributed by atoms with Gasteiger partial charge in [0, 0.05) is 18.3 Å². The molecule has 0 unspecified atom stereocenters. The molecule has 0 aliphatic carbocycles. The summed E-state index contributed by atoms with van der Waals surface area (Å²) in [5, 5.41) is 10.6. The highest BCUT2D eigenvalue weighted by Gasteiger charge is 2.21. The second-order valence-electron chi connectivity index (χ2n) is 5.27. The average Bonchev–Trinajstić information content (AvgIpc) is 2.68. The normalized spacial score (nSPS) is 11.8. The number of benzene rings is 1. The van der Waals surface area contributed by atoms with Crippen LogP contribution < -0.4 is 0 Å². The minimum Gasteiger partial charge on any atom is -0.389 e. The molecule has 0 radical (unpaired) electrons. The molecule has 0 saturated heterocycles. The highest BCUT2D eigenvalue weighted by Crippen LogP contribution is 2.27. The van der Waals surface area contributed by atoms with Crippen molar-refractivity contribution < 1.29 is 14.3 Å². The first-order valence-electron chi connectivity index (χ1n) is 5.93. The van der Waals surface area contributed by atoms with Gasteiger partial charge in [-0.15, -0.1) is 11.3 Å². The number of amides is 1. The number of nitrogens with zero attached hydrogens (tertiary/aromatic N) is 1. The predicted octanol–water partition coefficient (Wildman–Crippen LogP) is 2.88. The number of carbonyl (C=O) groups is 1. The highest BCUT2D eigenvalue weighted by atomic mass is 32.1. The standard InChI is InChI=1S/C14H16FNO2S/c1-14(2,18)8-16(3)13(17)12-6-9-4-5-10(15)7-11(9)19-12/h4-7,18H,8H2,1-3H3. The molecule has 0 bridgehead atoms. The molecule has 3 nitrogen and oxygen atoms in total. The van der Waals surface area contributed by atoms with Gasteiger partial charge in [-0.1, -0.05) is 6.07 Å². The van der Waals surface area contributed by atoms with Crippen molar-refractivity contribution in [2.24, 2.45) is 0 Å². The zero-order valence-corrected chi connectivity index (χ0v) is 11.9. The number of hydrogen-bond donors (Lipinski definition) is 1. The first kappa shape index (κ1) is 14.0. The fourth-order valence-corrected chi connectivity index (χ4v) is 3.03. The largest absolute Gasteiger partial charge is 0.389 e. The van der Waals surface area contributed by atoms with E-state index in [9.17, 15) is 14.3 Å². The van der Waals surface area contributed by atoms with Gasteiger partial charge in [0.2, 0.25) is 0 Å². The SMILES string of the molecule is CN(CC(C)(C)O)C(=O)c1cc2ccc(F)cc2s1. The fourth-order valence-electron chi connectivity index (χ4n) is 1.95. The second-order valence-corrected chi connectivity index (χ2v) is 6.35. The van der Waals surface area contributed by atoms with Gasteiger partial charge in [-0.05, 0) is 37.4 Å². The van der Waals surface area contributed by atoms with Crippen LogP contribution in [0, 0.1) is 5.82 Å². The first-order valence-corrected chi connectivity index (χ1v) is 6.75. The number of hydrogen-bond acceptors (Lipinski definition) is 3. The Kier molecular flexibility index (Phi) is 3.60. The number of carbonyl (C=O) groups excluding carboxylic acids is 1. The van der Waals surface area contributed by atoms with Gasteiger partial charge in [0.25, 0.3) is 5.91 Å². The molecule has 102 valence electrons. The van der Waals surface area contributed by atoms with Gasteiger partial charge in [0.1, 0.15) is 5.82 Å². The summed E-state index contributed by atoms with van der Waals surface area (Å²) in [4.78, 5) is 14.2. The van der Waals surface area contributed by atoms with Crippen LogP contribution in [0.1, 0.15) is 23.5 Å². The zero-order valence-electron chi connectivity index (χ0n) is 11.1. The lowest BCUT2D eigenvalue weighted by atomic mass is 10.1. The van der Waals surface area contributed by atoms with Crippen molar-refractivity contribution in [1.82, 2.24) is 4.90 Å². The Morgan fingerprint density at radius 2 is 2.11 bits per heavy atom. The van der Waals surface area contributed by atoms with Crippen molar-refractivity contribution >= 4 is 27.3 Å². The molecule has 19 heavy (non-hydrogen) atoms. The van der Waals surface area contributed by atoms with Gasteiger partial charge in [0.15, 0.2) is 0 Å². The van der Waals surface area contributed by atoms with E-state index in [4.69, 9.17) is 0 Å². The van der Waals surface area contributed by atoms with Gasteiger partial charge < -0.3 is 10.0 Å². The molecule has 0 saturated carbocycles. The van der Waals surface area contributed by atoms with Gasteiger partial charge in [0.05, 0.1) is 10.5 Å². The summed E-state index contributed by atoms with van der Waals surface area (Å²) >= 11 is 1.26. The van der Waals surface area contributed by atoms with E-state index in [1.807, 2.05) is 0 Å². The predicted molar refractivity (Wildman–Crippen MR) is 75.0 cm³/mol. The van der Waals surface area contributed by atoms with Crippen LogP contribution in [-0.2, 0) is 0 Å². The van der Waals surface area contributed by atoms with E-state index in [-0.39, 0.29) is 18.3 Å². The van der Waals surface area contributed by atoms with Gasteiger partial charge in [-0.2, -0.15) is 0 Å². The van der Waals surface area contributed by atoms with Crippen molar-refractivity contribution in [2.45, 2.75) is 19.4 Å². The van der Waals surface area contributed by atoms with Crippen molar-refractivity contribution in [3.8, 4) is 0 Å². The quantitative estimate of drug-likeness (QED) is 0.939. The molecule has 1 N–H and O–H groups in total. The summed E-state index contributed by atoms with van der Waals surface area (Å²) < 4.78 is 13.9. The topological polar surface area (TPSA) is 40.5 Å². The molecule has 1 aromatic heterocycles. The van der Waals surface area contributed by atoms with E-state index in [0.29, 0.717) is 4.88 Å². The van der Waals surface area contributed by atoms with Crippen LogP contribution in [0.3, 0.4) is 0 Å². The summed E-state index contributed by atoms with van der Waals surface area (Å²) in [6.07, 6.45) is 0. The van der Waals surface area contributed by atoms with Crippen LogP contribution in [0.25, 0.3) is 10.1 Å². The summed E-state index contributed by atoms with van der Waals surface area (Å²) in [5.74, 6) is -0.470. The Bertz CT molecular complexity index is 615. The maximum atomic E-state index is 13.1. The Morgan fingerprint density at radius 3 is 2.74 bits per heavy atom. The molecule has 1 amide bonds. The van der Waals surface area contributed by atoms with E-state index in [0.717, 1.165) is 10.1 Å². The van der Waals surface area contributed by atoms with Gasteiger partial charge >= 0.3 is 0 Å². The van der Waals surface area contributed by atoms with Crippen molar-refractivity contribution in [2.75, 3.05) is 13.6 Å². The van der Waals surface area contributed by atoms with Crippen LogP contribution in [0.15, 0.2) is 24.3 Å². The number of fused-ring (bicyclic) bond motifs is 1. The van der Waals surface area contributed by atoms with Gasteiger partial charge in [-0.3, -0.25) is 4.79 Å². The van der Waals surface area contributed by atoms with Crippen LogP contribution in [0.4, 0.5) is 4.39 Å². The lowest BCUT2D eigenvalue weighted by Crippen LogP contribution is -2.39. The number of likely N-dealkylation sites (N-methyl/N-ethyl adjacent to an activating group) is 1. The van der Waals surface area contributed by atoms with E-state index in [1.165, 1.54) is 28.4 Å². The van der Waals surface area contributed by atoms with Crippen molar-refractivity contribution in [3.63, 3.8) is 0 Å². The van der Waals surface area contributed by atoms with Crippen LogP contribution in [0.2, 0.25) is 0 Å². The summed E-state index contributed by atoms with van der Waals surface area (Å²) in [6, 6.07) is 6.22. The smallest absolute Gasteiger partial charge is 0.263 e. The first-order chi connectivity index (χ1) is 8.76. The molecule has 0 aliphatic heterocycles. The molecule has 0 fully saturated rings. The average molecular weight is 281 g/mol. The third-order valence-corrected chi connectivity index (χ3v) is 3.75. The van der Waals surface area contributed by atoms with Crippen molar-refractivity contribution in [1.29, 1.82) is 0 Å². The minimum absolute atomic E-state index is 0.163. The number of rotatable bonds is 3. The highest BCUT2D eigenvalue weighted by molar-refractivity contribution is 7.20. The van der Waals surface area contributed by atoms with E-state index < -0.39 is 5.60 Å². The molecule has 0 spiro atoms. The summed E-state index contributed by atoms with van der Waals surface area (Å²) in [7, 11) is 1.64. The lowest BCUT2D eigenvalue weighted by molar-refractivity contribution is 0.0370. The van der Waals surface area contributed by atoms with E-state index >= 15 is 0 Å². The van der Waals surface area contributed by atoms with E-state index in [1.54, 1.807) is 33.0 Å². The Balaban J connectivity index is 2.26. The molecule has 0 atom stereocenters. The monoisotopic (exact) mass is 281 g/mol. The van der Waals surface area contributed by atoms with Crippen LogP contribution in [0.5, 0.6) is 0 Å². The second kappa shape index (κ2) is 4.90. The van der Waals surface area contributed by atoms with Gasteiger partial charge in [-0.25, -0.2) is 4.39 Å². The Hall–Kier alpha value is -1.46. The summed E-state index contributed by atoms with van der Waals surface area (Å²) in [6.45, 7) is 3.54. The van der Waals surface area contributed by atoms with Crippen LogP contribution >= 0.6 is 11.3 Å². The third-order valence-electron chi connectivity index (χ3n) is 2.66. The van der Waals surface area contributed by atoms with Crippen LogP contribution in [-0.4, -0.2) is 35.1 Å². The maximum absolute atomic E-state index is 13.1. The fraction of sp³-hybridized carbons (Fsp3) is 0.357. The Morgan fingerprint density at radius 1 is 1.42 bits per heavy atom. The minimum atomic E-state index is -0.937. The molecular formula is C14H16FNO2S. The molecule has 1 aromatic carbocycles. The third kappa shape index (κ3) is 3.30. The molecule has 0 aliphatic rings. The molecular weight excluding hydrogens is 265 g/mol.